The Kier molecular flexibility index (Phi) is 3.51. The molecule has 1 N–H and O–H groups in total. The topological polar surface area (TPSA) is 29.5 Å². The zero-order chi connectivity index (χ0) is 10.9. The molecule has 0 aliphatic carbocycles. The predicted molar refractivity (Wildman–Crippen MR) is 55.2 cm³/mol. The number of hydrogen-bond donors (Lipinski definition) is 1. The van der Waals surface area contributed by atoms with Crippen molar-refractivity contribution in [1.82, 2.24) is 0 Å². The van der Waals surface area contributed by atoms with Crippen molar-refractivity contribution in [3.05, 3.63) is 20.2 Å². The number of aromatic hydroxyl groups is 1. The number of alkyl halides is 3. The second-order valence-corrected chi connectivity index (χ2v) is 4.30. The molecule has 1 aromatic carbocycles. The molecule has 0 aliphatic rings. The maximum absolute atomic E-state index is 11.8. The van der Waals surface area contributed by atoms with Crippen LogP contribution in [0, 0.1) is 3.57 Å². The molecule has 2 nitrogen and oxygen atoms in total. The van der Waals surface area contributed by atoms with Gasteiger partial charge in [-0.3, -0.25) is 0 Å². The summed E-state index contributed by atoms with van der Waals surface area (Å²) in [6.45, 7) is 0. The molecular weight excluding hydrogens is 380 g/mol. The van der Waals surface area contributed by atoms with E-state index in [4.69, 9.17) is 0 Å². The van der Waals surface area contributed by atoms with E-state index in [1.54, 1.807) is 22.6 Å². The summed E-state index contributed by atoms with van der Waals surface area (Å²) >= 11 is 4.60. The van der Waals surface area contributed by atoms with Crippen molar-refractivity contribution in [2.45, 2.75) is 6.36 Å². The van der Waals surface area contributed by atoms with Gasteiger partial charge in [0, 0.05) is 0 Å². The Morgan fingerprint density at radius 2 is 1.93 bits per heavy atom. The Labute approximate surface area is 99.3 Å². The van der Waals surface area contributed by atoms with Crippen molar-refractivity contribution in [3.8, 4) is 11.5 Å². The van der Waals surface area contributed by atoms with E-state index < -0.39 is 6.36 Å². The third kappa shape index (κ3) is 3.19. The normalized spacial score (nSPS) is 11.5. The maximum atomic E-state index is 11.8. The molecule has 7 heteroatoms. The zero-order valence-electron chi connectivity index (χ0n) is 6.40. The van der Waals surface area contributed by atoms with Gasteiger partial charge in [-0.25, -0.2) is 0 Å². The molecule has 0 aliphatic heterocycles. The number of rotatable bonds is 1. The first-order valence-corrected chi connectivity index (χ1v) is 5.10. The lowest BCUT2D eigenvalue weighted by atomic mass is 10.3. The molecule has 0 fully saturated rings. The van der Waals surface area contributed by atoms with Crippen molar-refractivity contribution < 1.29 is 23.0 Å². The summed E-state index contributed by atoms with van der Waals surface area (Å²) in [5, 5.41) is 9.24. The molecule has 0 saturated heterocycles. The van der Waals surface area contributed by atoms with Crippen LogP contribution in [0.2, 0.25) is 0 Å². The van der Waals surface area contributed by atoms with E-state index in [0.717, 1.165) is 12.1 Å². The van der Waals surface area contributed by atoms with Crippen LogP contribution in [0.15, 0.2) is 16.6 Å². The van der Waals surface area contributed by atoms with Gasteiger partial charge >= 0.3 is 6.36 Å². The molecule has 0 amide bonds. The van der Waals surface area contributed by atoms with E-state index in [1.165, 1.54) is 0 Å². The minimum absolute atomic E-state index is 0.111. The molecule has 0 bridgehead atoms. The molecule has 78 valence electrons. The number of benzene rings is 1. The molecule has 0 atom stereocenters. The average Bonchev–Trinajstić information content (AvgIpc) is 1.96. The van der Waals surface area contributed by atoms with Crippen molar-refractivity contribution in [3.63, 3.8) is 0 Å². The highest BCUT2D eigenvalue weighted by atomic mass is 127. The Hall–Kier alpha value is -0.180. The Morgan fingerprint density at radius 1 is 1.36 bits per heavy atom. The third-order valence-electron chi connectivity index (χ3n) is 1.22. The van der Waals surface area contributed by atoms with E-state index in [1.807, 2.05) is 0 Å². The summed E-state index contributed by atoms with van der Waals surface area (Å²) in [6.07, 6.45) is -4.72. The van der Waals surface area contributed by atoms with Crippen LogP contribution in [-0.2, 0) is 0 Å². The largest absolute Gasteiger partial charge is 0.573 e. The van der Waals surface area contributed by atoms with E-state index in [2.05, 4.69) is 20.7 Å². The minimum atomic E-state index is -4.72. The van der Waals surface area contributed by atoms with Crippen molar-refractivity contribution in [2.75, 3.05) is 0 Å². The second kappa shape index (κ2) is 4.13. The van der Waals surface area contributed by atoms with Gasteiger partial charge < -0.3 is 9.84 Å². The molecular formula is C7H3BrF3IO2. The molecule has 0 aromatic heterocycles. The van der Waals surface area contributed by atoms with Gasteiger partial charge in [-0.15, -0.1) is 13.2 Å². The highest BCUT2D eigenvalue weighted by Crippen LogP contribution is 2.35. The van der Waals surface area contributed by atoms with Gasteiger partial charge in [-0.2, -0.15) is 0 Å². The molecule has 1 aromatic rings. The Morgan fingerprint density at radius 3 is 2.36 bits per heavy atom. The first-order valence-electron chi connectivity index (χ1n) is 3.23. The fourth-order valence-electron chi connectivity index (χ4n) is 0.735. The second-order valence-electron chi connectivity index (χ2n) is 2.28. The number of ether oxygens (including phenoxy) is 1. The summed E-state index contributed by atoms with van der Waals surface area (Å²) in [5.41, 5.74) is 0. The summed E-state index contributed by atoms with van der Waals surface area (Å²) in [6, 6.07) is 2.14. The van der Waals surface area contributed by atoms with Crippen LogP contribution < -0.4 is 4.74 Å². The first-order chi connectivity index (χ1) is 6.29. The lowest BCUT2D eigenvalue weighted by molar-refractivity contribution is -0.274. The molecule has 0 heterocycles. The highest BCUT2D eigenvalue weighted by molar-refractivity contribution is 14.1. The van der Waals surface area contributed by atoms with Crippen LogP contribution in [0.25, 0.3) is 0 Å². The van der Waals surface area contributed by atoms with Crippen molar-refractivity contribution in [1.29, 1.82) is 0 Å². The van der Waals surface area contributed by atoms with Crippen LogP contribution in [0.5, 0.6) is 11.5 Å². The van der Waals surface area contributed by atoms with E-state index in [0.29, 0.717) is 0 Å². The summed E-state index contributed by atoms with van der Waals surface area (Å²) in [7, 11) is 0. The number of phenols is 1. The summed E-state index contributed by atoms with van der Waals surface area (Å²) in [4.78, 5) is 0. The first kappa shape index (κ1) is 11.9. The smallest absolute Gasteiger partial charge is 0.506 e. The van der Waals surface area contributed by atoms with Crippen molar-refractivity contribution >= 4 is 38.5 Å². The average molecular weight is 383 g/mol. The predicted octanol–water partition coefficient (Wildman–Crippen LogP) is 3.66. The fraction of sp³-hybridized carbons (Fsp3) is 0.143. The number of halogens is 5. The van der Waals surface area contributed by atoms with Gasteiger partial charge in [0.2, 0.25) is 0 Å². The van der Waals surface area contributed by atoms with Gasteiger partial charge in [0.15, 0.2) is 0 Å². The number of phenolic OH excluding ortho intramolecular Hbond substituents is 1. The quantitative estimate of drug-likeness (QED) is 0.751. The molecule has 0 radical (unpaired) electrons. The lowest BCUT2D eigenvalue weighted by Crippen LogP contribution is -2.17. The third-order valence-corrected chi connectivity index (χ3v) is 2.65. The molecule has 0 saturated carbocycles. The maximum Gasteiger partial charge on any atom is 0.573 e. The molecule has 1 rings (SSSR count). The van der Waals surface area contributed by atoms with Gasteiger partial charge in [0.25, 0.3) is 0 Å². The van der Waals surface area contributed by atoms with Crippen LogP contribution in [0.3, 0.4) is 0 Å². The number of hydrogen-bond acceptors (Lipinski definition) is 2. The fourth-order valence-corrected chi connectivity index (χ4v) is 2.14. The summed E-state index contributed by atoms with van der Waals surface area (Å²) < 4.78 is 39.5. The van der Waals surface area contributed by atoms with Crippen molar-refractivity contribution in [2.24, 2.45) is 0 Å². The summed E-state index contributed by atoms with van der Waals surface area (Å²) in [5.74, 6) is -0.480. The van der Waals surface area contributed by atoms with Crippen LogP contribution in [-0.4, -0.2) is 11.5 Å². The van der Waals surface area contributed by atoms with E-state index >= 15 is 0 Å². The lowest BCUT2D eigenvalue weighted by Gasteiger charge is -2.10. The van der Waals surface area contributed by atoms with Gasteiger partial charge in [0.05, 0.1) is 8.04 Å². The SMILES string of the molecule is Oc1c(Br)cc(OC(F)(F)F)cc1I. The molecule has 0 unspecified atom stereocenters. The van der Waals surface area contributed by atoms with Gasteiger partial charge in [0.1, 0.15) is 11.5 Å². The monoisotopic (exact) mass is 382 g/mol. The van der Waals surface area contributed by atoms with Crippen LogP contribution >= 0.6 is 38.5 Å². The van der Waals surface area contributed by atoms with Crippen LogP contribution in [0.1, 0.15) is 0 Å². The van der Waals surface area contributed by atoms with E-state index in [-0.39, 0.29) is 19.5 Å². The highest BCUT2D eigenvalue weighted by Gasteiger charge is 2.31. The zero-order valence-corrected chi connectivity index (χ0v) is 10.1. The van der Waals surface area contributed by atoms with Gasteiger partial charge in [-0.1, -0.05) is 0 Å². The van der Waals surface area contributed by atoms with Crippen LogP contribution in [0.4, 0.5) is 13.2 Å². The molecule has 14 heavy (non-hydrogen) atoms. The minimum Gasteiger partial charge on any atom is -0.506 e. The van der Waals surface area contributed by atoms with E-state index in [9.17, 15) is 18.3 Å². The molecule has 0 spiro atoms. The standard InChI is InChI=1S/C7H3BrF3IO2/c8-4-1-3(14-7(9,10)11)2-5(12)6(4)13/h1-2,13H. The van der Waals surface area contributed by atoms with Gasteiger partial charge in [-0.05, 0) is 50.7 Å². The Bertz CT molecular complexity index is 330. The Balaban J connectivity index is 3.02.